The van der Waals surface area contributed by atoms with Crippen LogP contribution in [0.2, 0.25) is 0 Å². The molecule has 0 unspecified atom stereocenters. The molecule has 0 aliphatic heterocycles. The first-order valence-electron chi connectivity index (χ1n) is 5.96. The number of methoxy groups -OCH3 is 1. The minimum atomic E-state index is -0.855. The predicted molar refractivity (Wildman–Crippen MR) is 70.8 cm³/mol. The molecule has 0 amide bonds. The number of halogens is 2. The summed E-state index contributed by atoms with van der Waals surface area (Å²) in [6, 6.07) is 11.8. The van der Waals surface area contributed by atoms with Gasteiger partial charge in [-0.3, -0.25) is 0 Å². The van der Waals surface area contributed by atoms with E-state index in [0.717, 1.165) is 17.2 Å². The van der Waals surface area contributed by atoms with Gasteiger partial charge in [0.05, 0.1) is 12.3 Å². The molecule has 0 heterocycles. The highest BCUT2D eigenvalue weighted by Crippen LogP contribution is 2.18. The molecule has 0 fully saturated rings. The van der Waals surface area contributed by atoms with Gasteiger partial charge in [0.2, 0.25) is 0 Å². The summed E-state index contributed by atoms with van der Waals surface area (Å²) in [4.78, 5) is 0. The lowest BCUT2D eigenvalue weighted by molar-refractivity contribution is 0.184. The third kappa shape index (κ3) is 3.29. The summed E-state index contributed by atoms with van der Waals surface area (Å²) in [5.74, 6) is -1.71. The van der Waals surface area contributed by atoms with Crippen LogP contribution in [0, 0.1) is 11.6 Å². The molecule has 100 valence electrons. The summed E-state index contributed by atoms with van der Waals surface area (Å²) in [6.07, 6.45) is 0. The fourth-order valence-corrected chi connectivity index (χ4v) is 1.86. The van der Waals surface area contributed by atoms with Crippen molar-refractivity contribution in [1.82, 2.24) is 0 Å². The van der Waals surface area contributed by atoms with Crippen LogP contribution in [-0.2, 0) is 17.9 Å². The molecule has 0 aromatic heterocycles. The van der Waals surface area contributed by atoms with Gasteiger partial charge in [0.15, 0.2) is 11.6 Å². The number of nitrogens with one attached hydrogen (secondary N) is 1. The summed E-state index contributed by atoms with van der Waals surface area (Å²) in [6.45, 7) is 0.906. The maximum atomic E-state index is 13.5. The standard InChI is InChI=1S/C15H15F2NO/c1-19-10-12-6-3-2-5-11(12)9-18-14-8-4-7-13(16)15(14)17/h2-8,18H,9-10H2,1H3. The number of hydrogen-bond acceptors (Lipinski definition) is 2. The van der Waals surface area contributed by atoms with Crippen LogP contribution in [0.5, 0.6) is 0 Å². The smallest absolute Gasteiger partial charge is 0.181 e. The minimum Gasteiger partial charge on any atom is -0.380 e. The first-order valence-corrected chi connectivity index (χ1v) is 5.96. The third-order valence-corrected chi connectivity index (χ3v) is 2.84. The van der Waals surface area contributed by atoms with Crippen molar-refractivity contribution in [2.24, 2.45) is 0 Å². The van der Waals surface area contributed by atoms with Crippen LogP contribution in [0.4, 0.5) is 14.5 Å². The first-order chi connectivity index (χ1) is 9.22. The van der Waals surface area contributed by atoms with Gasteiger partial charge in [-0.2, -0.15) is 0 Å². The fourth-order valence-electron chi connectivity index (χ4n) is 1.86. The van der Waals surface area contributed by atoms with Crippen molar-refractivity contribution in [2.75, 3.05) is 12.4 Å². The van der Waals surface area contributed by atoms with E-state index in [9.17, 15) is 8.78 Å². The van der Waals surface area contributed by atoms with Crippen molar-refractivity contribution in [3.63, 3.8) is 0 Å². The molecular weight excluding hydrogens is 248 g/mol. The molecule has 19 heavy (non-hydrogen) atoms. The molecule has 2 rings (SSSR count). The zero-order valence-electron chi connectivity index (χ0n) is 10.6. The Morgan fingerprint density at radius 1 is 1.00 bits per heavy atom. The van der Waals surface area contributed by atoms with Gasteiger partial charge in [0.25, 0.3) is 0 Å². The quantitative estimate of drug-likeness (QED) is 0.887. The highest BCUT2D eigenvalue weighted by atomic mass is 19.2. The molecule has 0 bridgehead atoms. The predicted octanol–water partition coefficient (Wildman–Crippen LogP) is 3.72. The van der Waals surface area contributed by atoms with Crippen molar-refractivity contribution in [3.8, 4) is 0 Å². The van der Waals surface area contributed by atoms with E-state index in [4.69, 9.17) is 4.74 Å². The lowest BCUT2D eigenvalue weighted by atomic mass is 10.1. The molecule has 2 nitrogen and oxygen atoms in total. The number of rotatable bonds is 5. The zero-order chi connectivity index (χ0) is 13.7. The van der Waals surface area contributed by atoms with Crippen molar-refractivity contribution < 1.29 is 13.5 Å². The molecule has 0 aliphatic rings. The van der Waals surface area contributed by atoms with Crippen molar-refractivity contribution in [3.05, 3.63) is 65.2 Å². The number of hydrogen-bond donors (Lipinski definition) is 1. The van der Waals surface area contributed by atoms with Crippen molar-refractivity contribution >= 4 is 5.69 Å². The maximum absolute atomic E-state index is 13.5. The van der Waals surface area contributed by atoms with Gasteiger partial charge in [-0.05, 0) is 23.3 Å². The van der Waals surface area contributed by atoms with Gasteiger partial charge in [-0.25, -0.2) is 8.78 Å². The molecular formula is C15H15F2NO. The normalized spacial score (nSPS) is 10.5. The van der Waals surface area contributed by atoms with Gasteiger partial charge < -0.3 is 10.1 Å². The second-order valence-electron chi connectivity index (χ2n) is 4.16. The van der Waals surface area contributed by atoms with Gasteiger partial charge >= 0.3 is 0 Å². The lowest BCUT2D eigenvalue weighted by Gasteiger charge is -2.11. The lowest BCUT2D eigenvalue weighted by Crippen LogP contribution is -2.05. The molecule has 1 N–H and O–H groups in total. The van der Waals surface area contributed by atoms with E-state index < -0.39 is 11.6 Å². The fraction of sp³-hybridized carbons (Fsp3) is 0.200. The monoisotopic (exact) mass is 263 g/mol. The largest absolute Gasteiger partial charge is 0.380 e. The topological polar surface area (TPSA) is 21.3 Å². The highest BCUT2D eigenvalue weighted by molar-refractivity contribution is 5.46. The zero-order valence-corrected chi connectivity index (χ0v) is 10.6. The van der Waals surface area contributed by atoms with E-state index >= 15 is 0 Å². The van der Waals surface area contributed by atoms with Crippen LogP contribution in [0.25, 0.3) is 0 Å². The van der Waals surface area contributed by atoms with E-state index in [1.807, 2.05) is 24.3 Å². The van der Waals surface area contributed by atoms with Gasteiger partial charge in [-0.1, -0.05) is 30.3 Å². The van der Waals surface area contributed by atoms with E-state index in [2.05, 4.69) is 5.32 Å². The molecule has 0 saturated heterocycles. The molecule has 0 radical (unpaired) electrons. The van der Waals surface area contributed by atoms with Crippen molar-refractivity contribution in [1.29, 1.82) is 0 Å². The van der Waals surface area contributed by atoms with E-state index in [0.29, 0.717) is 13.2 Å². The highest BCUT2D eigenvalue weighted by Gasteiger charge is 2.08. The Morgan fingerprint density at radius 3 is 2.47 bits per heavy atom. The number of ether oxygens (including phenoxy) is 1. The molecule has 0 atom stereocenters. The molecule has 4 heteroatoms. The molecule has 2 aromatic carbocycles. The Morgan fingerprint density at radius 2 is 1.74 bits per heavy atom. The van der Waals surface area contributed by atoms with Gasteiger partial charge in [-0.15, -0.1) is 0 Å². The third-order valence-electron chi connectivity index (χ3n) is 2.84. The Labute approximate surface area is 111 Å². The average molecular weight is 263 g/mol. The molecule has 0 saturated carbocycles. The van der Waals surface area contributed by atoms with Crippen molar-refractivity contribution in [2.45, 2.75) is 13.2 Å². The molecule has 2 aromatic rings. The Hall–Kier alpha value is -1.94. The second-order valence-corrected chi connectivity index (χ2v) is 4.16. The van der Waals surface area contributed by atoms with Gasteiger partial charge in [0, 0.05) is 13.7 Å². The maximum Gasteiger partial charge on any atom is 0.181 e. The number of benzene rings is 2. The summed E-state index contributed by atoms with van der Waals surface area (Å²) in [7, 11) is 1.62. The second kappa shape index (κ2) is 6.29. The first kappa shape index (κ1) is 13.5. The Balaban J connectivity index is 2.12. The van der Waals surface area contributed by atoms with Crippen LogP contribution < -0.4 is 5.32 Å². The summed E-state index contributed by atoms with van der Waals surface area (Å²) in [5.41, 5.74) is 2.18. The van der Waals surface area contributed by atoms with Crippen LogP contribution in [0.15, 0.2) is 42.5 Å². The minimum absolute atomic E-state index is 0.159. The van der Waals surface area contributed by atoms with Crippen LogP contribution in [0.1, 0.15) is 11.1 Å². The Bertz CT molecular complexity index is 558. The van der Waals surface area contributed by atoms with Crippen LogP contribution >= 0.6 is 0 Å². The van der Waals surface area contributed by atoms with E-state index in [1.165, 1.54) is 12.1 Å². The van der Waals surface area contributed by atoms with E-state index in [1.54, 1.807) is 7.11 Å². The molecule has 0 spiro atoms. The van der Waals surface area contributed by atoms with Gasteiger partial charge in [0.1, 0.15) is 0 Å². The number of anilines is 1. The van der Waals surface area contributed by atoms with E-state index in [-0.39, 0.29) is 5.69 Å². The summed E-state index contributed by atoms with van der Waals surface area (Å²) < 4.78 is 31.7. The van der Waals surface area contributed by atoms with Crippen LogP contribution in [-0.4, -0.2) is 7.11 Å². The summed E-state index contributed by atoms with van der Waals surface area (Å²) in [5, 5.41) is 2.90. The Kier molecular flexibility index (Phi) is 4.47. The molecule has 0 aliphatic carbocycles. The average Bonchev–Trinajstić information content (AvgIpc) is 2.42. The summed E-state index contributed by atoms with van der Waals surface area (Å²) >= 11 is 0. The van der Waals surface area contributed by atoms with Crippen LogP contribution in [0.3, 0.4) is 0 Å². The SMILES string of the molecule is COCc1ccccc1CNc1cccc(F)c1F.